The van der Waals surface area contributed by atoms with Gasteiger partial charge >= 0.3 is 0 Å². The van der Waals surface area contributed by atoms with E-state index in [0.717, 1.165) is 6.42 Å². The summed E-state index contributed by atoms with van der Waals surface area (Å²) in [5.41, 5.74) is 6.67. The van der Waals surface area contributed by atoms with Gasteiger partial charge in [-0.2, -0.15) is 0 Å². The summed E-state index contributed by atoms with van der Waals surface area (Å²) >= 11 is 0. The molecule has 1 heteroatoms. The molecule has 0 aromatic heterocycles. The summed E-state index contributed by atoms with van der Waals surface area (Å²) in [5, 5.41) is 0. The van der Waals surface area contributed by atoms with Crippen molar-refractivity contribution in [3.05, 3.63) is 47.2 Å². The fourth-order valence-corrected chi connectivity index (χ4v) is 2.16. The van der Waals surface area contributed by atoms with Gasteiger partial charge in [0, 0.05) is 18.3 Å². The third-order valence-corrected chi connectivity index (χ3v) is 2.97. The maximum absolute atomic E-state index is 4.41. The van der Waals surface area contributed by atoms with Gasteiger partial charge in [0.15, 0.2) is 0 Å². The molecule has 68 valence electrons. The number of dihydropyridines is 1. The van der Waals surface area contributed by atoms with Crippen LogP contribution in [0.5, 0.6) is 0 Å². The molecule has 0 radical (unpaired) electrons. The molecule has 3 rings (SSSR count). The first-order valence-corrected chi connectivity index (χ1v) is 4.89. The Morgan fingerprint density at radius 2 is 1.93 bits per heavy atom. The predicted molar refractivity (Wildman–Crippen MR) is 60.1 cm³/mol. The molecule has 0 unspecified atom stereocenters. The van der Waals surface area contributed by atoms with E-state index in [-0.39, 0.29) is 0 Å². The zero-order chi connectivity index (χ0) is 9.54. The van der Waals surface area contributed by atoms with Crippen molar-refractivity contribution in [3.63, 3.8) is 0 Å². The van der Waals surface area contributed by atoms with Gasteiger partial charge in [-0.15, -0.1) is 0 Å². The topological polar surface area (TPSA) is 12.4 Å². The number of rotatable bonds is 0. The molecule has 0 saturated carbocycles. The molecule has 1 aliphatic heterocycles. The second kappa shape index (κ2) is 2.68. The molecular weight excluding hydrogens is 170 g/mol. The Kier molecular flexibility index (Phi) is 1.48. The molecule has 0 spiro atoms. The van der Waals surface area contributed by atoms with E-state index in [0.29, 0.717) is 0 Å². The maximum Gasteiger partial charge on any atom is 0.0482 e. The van der Waals surface area contributed by atoms with E-state index >= 15 is 0 Å². The first-order chi connectivity index (χ1) is 6.86. The fourth-order valence-electron chi connectivity index (χ4n) is 2.16. The van der Waals surface area contributed by atoms with Crippen LogP contribution in [-0.4, -0.2) is 6.21 Å². The number of allylic oxidation sites excluding steroid dienone is 3. The summed E-state index contributed by atoms with van der Waals surface area (Å²) in [4.78, 5) is 4.41. The first kappa shape index (κ1) is 7.74. The molecule has 2 bridgehead atoms. The second-order valence-corrected chi connectivity index (χ2v) is 3.76. The highest BCUT2D eigenvalue weighted by molar-refractivity contribution is 5.96. The van der Waals surface area contributed by atoms with Gasteiger partial charge in [0.25, 0.3) is 0 Å². The van der Waals surface area contributed by atoms with Crippen LogP contribution in [0.15, 0.2) is 41.0 Å². The van der Waals surface area contributed by atoms with Crippen LogP contribution >= 0.6 is 0 Å². The maximum atomic E-state index is 4.41. The number of fused-ring (bicyclic) bond motifs is 4. The molecule has 0 N–H and O–H groups in total. The Morgan fingerprint density at radius 3 is 2.79 bits per heavy atom. The van der Waals surface area contributed by atoms with Crippen LogP contribution in [0.4, 0.5) is 0 Å². The Hall–Kier alpha value is -1.63. The van der Waals surface area contributed by atoms with Crippen LogP contribution in [0.2, 0.25) is 0 Å². The highest BCUT2D eigenvalue weighted by Crippen LogP contribution is 2.39. The van der Waals surface area contributed by atoms with E-state index in [9.17, 15) is 0 Å². The molecule has 0 fully saturated rings. The van der Waals surface area contributed by atoms with Gasteiger partial charge in [0.05, 0.1) is 0 Å². The zero-order valence-corrected chi connectivity index (χ0v) is 8.12. The van der Waals surface area contributed by atoms with E-state index in [2.05, 4.69) is 42.3 Å². The van der Waals surface area contributed by atoms with Crippen LogP contribution in [-0.2, 0) is 0 Å². The first-order valence-electron chi connectivity index (χ1n) is 4.89. The number of benzene rings is 1. The van der Waals surface area contributed by atoms with Crippen molar-refractivity contribution in [2.24, 2.45) is 4.99 Å². The lowest BCUT2D eigenvalue weighted by Gasteiger charge is -2.23. The molecular formula is C13H11N. The Morgan fingerprint density at radius 1 is 1.14 bits per heavy atom. The second-order valence-electron chi connectivity index (χ2n) is 3.76. The largest absolute Gasteiger partial charge is 0.261 e. The minimum atomic E-state index is 0.999. The Balaban J connectivity index is 2.37. The standard InChI is InChI=1S/C13H11N/c1-9-11-4-2-3-5-12(11)10-6-7-14-13(9)8-10/h2-7H,8H2,1H3. The van der Waals surface area contributed by atoms with Gasteiger partial charge in [-0.25, -0.2) is 0 Å². The number of hydrogen-bond donors (Lipinski definition) is 0. The van der Waals surface area contributed by atoms with Gasteiger partial charge < -0.3 is 0 Å². The summed E-state index contributed by atoms with van der Waals surface area (Å²) in [6, 6.07) is 8.57. The van der Waals surface area contributed by atoms with E-state index < -0.39 is 0 Å². The summed E-state index contributed by atoms with van der Waals surface area (Å²) in [6.07, 6.45) is 5.03. The van der Waals surface area contributed by atoms with Gasteiger partial charge in [0.2, 0.25) is 0 Å². The van der Waals surface area contributed by atoms with Gasteiger partial charge in [-0.3, -0.25) is 4.99 Å². The van der Waals surface area contributed by atoms with Crippen LogP contribution in [0.3, 0.4) is 0 Å². The number of aliphatic imine (C=N–C) groups is 1. The summed E-state index contributed by atoms with van der Waals surface area (Å²) in [5.74, 6) is 0. The van der Waals surface area contributed by atoms with Gasteiger partial charge in [-0.1, -0.05) is 24.3 Å². The molecule has 1 aromatic carbocycles. The smallest absolute Gasteiger partial charge is 0.0482 e. The van der Waals surface area contributed by atoms with Crippen LogP contribution in [0.1, 0.15) is 24.5 Å². The van der Waals surface area contributed by atoms with Crippen molar-refractivity contribution in [2.45, 2.75) is 13.3 Å². The van der Waals surface area contributed by atoms with Crippen LogP contribution < -0.4 is 0 Å². The highest BCUT2D eigenvalue weighted by Gasteiger charge is 2.20. The minimum absolute atomic E-state index is 0.999. The normalized spacial score (nSPS) is 17.9. The molecule has 1 aromatic rings. The van der Waals surface area contributed by atoms with Crippen molar-refractivity contribution in [2.75, 3.05) is 0 Å². The zero-order valence-electron chi connectivity index (χ0n) is 8.12. The van der Waals surface area contributed by atoms with Crippen molar-refractivity contribution < 1.29 is 0 Å². The van der Waals surface area contributed by atoms with Crippen molar-refractivity contribution >= 4 is 17.4 Å². The highest BCUT2D eigenvalue weighted by atomic mass is 14.7. The van der Waals surface area contributed by atoms with E-state index in [4.69, 9.17) is 0 Å². The summed E-state index contributed by atoms with van der Waals surface area (Å²) in [7, 11) is 0. The molecule has 0 atom stereocenters. The average molecular weight is 181 g/mol. The van der Waals surface area contributed by atoms with E-state index in [1.807, 2.05) is 6.21 Å². The fraction of sp³-hybridized carbons (Fsp3) is 0.154. The third-order valence-electron chi connectivity index (χ3n) is 2.97. The minimum Gasteiger partial charge on any atom is -0.261 e. The number of hydrogen-bond acceptors (Lipinski definition) is 1. The Bertz CT molecular complexity index is 490. The van der Waals surface area contributed by atoms with E-state index in [1.165, 1.54) is 28.0 Å². The van der Waals surface area contributed by atoms with Crippen molar-refractivity contribution in [3.8, 4) is 0 Å². The van der Waals surface area contributed by atoms with Crippen LogP contribution in [0.25, 0.3) is 11.1 Å². The number of nitrogens with zero attached hydrogens (tertiary/aromatic N) is 1. The van der Waals surface area contributed by atoms with Crippen molar-refractivity contribution in [1.82, 2.24) is 0 Å². The van der Waals surface area contributed by atoms with Crippen molar-refractivity contribution in [1.29, 1.82) is 0 Å². The molecule has 1 heterocycles. The lowest BCUT2D eigenvalue weighted by atomic mass is 9.85. The third kappa shape index (κ3) is 0.925. The molecule has 1 aliphatic carbocycles. The predicted octanol–water partition coefficient (Wildman–Crippen LogP) is 3.29. The molecule has 14 heavy (non-hydrogen) atoms. The molecule has 0 amide bonds. The summed E-state index contributed by atoms with van der Waals surface area (Å²) in [6.45, 7) is 2.16. The molecule has 2 aliphatic rings. The SMILES string of the molecule is CC1=C2CC(=CC=N2)c2ccccc21. The van der Waals surface area contributed by atoms with Crippen LogP contribution in [0, 0.1) is 0 Å². The van der Waals surface area contributed by atoms with Gasteiger partial charge in [-0.05, 0) is 35.3 Å². The molecule has 1 nitrogen and oxygen atoms in total. The summed E-state index contributed by atoms with van der Waals surface area (Å²) < 4.78 is 0. The van der Waals surface area contributed by atoms with Gasteiger partial charge in [0.1, 0.15) is 0 Å². The lowest BCUT2D eigenvalue weighted by Crippen LogP contribution is -2.04. The van der Waals surface area contributed by atoms with E-state index in [1.54, 1.807) is 0 Å². The molecule has 0 saturated heterocycles. The lowest BCUT2D eigenvalue weighted by molar-refractivity contribution is 1.14. The monoisotopic (exact) mass is 181 g/mol. The Labute approximate surface area is 83.5 Å². The quantitative estimate of drug-likeness (QED) is 0.582. The average Bonchev–Trinajstić information content (AvgIpc) is 2.27.